The molecule has 3 rings (SSSR count). The van der Waals surface area contributed by atoms with E-state index in [0.717, 1.165) is 43.6 Å². The Balaban J connectivity index is 0.00000225. The van der Waals surface area contributed by atoms with E-state index >= 15 is 0 Å². The summed E-state index contributed by atoms with van der Waals surface area (Å²) in [5.41, 5.74) is 1.98. The summed E-state index contributed by atoms with van der Waals surface area (Å²) >= 11 is 0. The molecular weight excluding hydrogens is 343 g/mol. The standard InChI is InChI=1S/C17H19FN6.ClH/c18-15-5-1-3-14(11-15)4-2-8-19-9-6-16-7-10-21-17(23-16)24-13-20-12-22-24;/h1,3,5,7,10-13,19H,2,4,6,8-9H2;1H. The number of aromatic nitrogens is 5. The van der Waals surface area contributed by atoms with Gasteiger partial charge in [-0.05, 0) is 43.1 Å². The molecule has 0 bridgehead atoms. The van der Waals surface area contributed by atoms with E-state index in [2.05, 4.69) is 25.4 Å². The quantitative estimate of drug-likeness (QED) is 0.623. The SMILES string of the molecule is Cl.Fc1cccc(CCCNCCc2ccnc(-n3cncn3)n2)c1. The van der Waals surface area contributed by atoms with Gasteiger partial charge < -0.3 is 5.32 Å². The van der Waals surface area contributed by atoms with Crippen LogP contribution >= 0.6 is 12.4 Å². The van der Waals surface area contributed by atoms with Gasteiger partial charge in [0, 0.05) is 24.9 Å². The zero-order chi connectivity index (χ0) is 16.6. The Morgan fingerprint density at radius 2 is 2.04 bits per heavy atom. The van der Waals surface area contributed by atoms with E-state index in [1.807, 2.05) is 12.1 Å². The predicted octanol–water partition coefficient (Wildman–Crippen LogP) is 2.38. The van der Waals surface area contributed by atoms with Crippen LogP contribution in [0.1, 0.15) is 17.7 Å². The van der Waals surface area contributed by atoms with Gasteiger partial charge in [-0.1, -0.05) is 12.1 Å². The van der Waals surface area contributed by atoms with Crippen LogP contribution in [0.5, 0.6) is 0 Å². The van der Waals surface area contributed by atoms with Crippen LogP contribution in [0, 0.1) is 5.82 Å². The summed E-state index contributed by atoms with van der Waals surface area (Å²) in [4.78, 5) is 12.5. The molecule has 2 aromatic heterocycles. The van der Waals surface area contributed by atoms with Crippen molar-refractivity contribution in [3.63, 3.8) is 0 Å². The summed E-state index contributed by atoms with van der Waals surface area (Å²) in [6.07, 6.45) is 7.40. The second kappa shape index (κ2) is 9.80. The van der Waals surface area contributed by atoms with Crippen molar-refractivity contribution >= 4 is 12.4 Å². The molecule has 0 fully saturated rings. The van der Waals surface area contributed by atoms with E-state index in [1.165, 1.54) is 17.1 Å². The minimum atomic E-state index is -0.174. The molecule has 6 nitrogen and oxygen atoms in total. The van der Waals surface area contributed by atoms with Crippen molar-refractivity contribution in [3.8, 4) is 5.95 Å². The number of nitrogens with one attached hydrogen (secondary N) is 1. The Morgan fingerprint density at radius 1 is 1.12 bits per heavy atom. The van der Waals surface area contributed by atoms with Crippen LogP contribution in [0.3, 0.4) is 0 Å². The van der Waals surface area contributed by atoms with E-state index in [0.29, 0.717) is 5.95 Å². The van der Waals surface area contributed by atoms with E-state index in [1.54, 1.807) is 24.7 Å². The largest absolute Gasteiger partial charge is 0.316 e. The first-order chi connectivity index (χ1) is 11.8. The van der Waals surface area contributed by atoms with Gasteiger partial charge in [0.25, 0.3) is 5.95 Å². The second-order valence-electron chi connectivity index (χ2n) is 5.42. The van der Waals surface area contributed by atoms with Crippen molar-refractivity contribution in [1.82, 2.24) is 30.0 Å². The lowest BCUT2D eigenvalue weighted by molar-refractivity contribution is 0.619. The summed E-state index contributed by atoms with van der Waals surface area (Å²) in [5, 5.41) is 7.41. The van der Waals surface area contributed by atoms with Gasteiger partial charge in [0.2, 0.25) is 0 Å². The fourth-order valence-electron chi connectivity index (χ4n) is 2.40. The van der Waals surface area contributed by atoms with Crippen LogP contribution in [0.4, 0.5) is 4.39 Å². The van der Waals surface area contributed by atoms with E-state index < -0.39 is 0 Å². The number of aryl methyl sites for hydroxylation is 1. The van der Waals surface area contributed by atoms with Crippen molar-refractivity contribution in [3.05, 3.63) is 66.3 Å². The first kappa shape index (κ1) is 19.0. The van der Waals surface area contributed by atoms with Gasteiger partial charge in [-0.25, -0.2) is 19.3 Å². The van der Waals surface area contributed by atoms with Crippen molar-refractivity contribution < 1.29 is 4.39 Å². The Kier molecular flexibility index (Phi) is 7.43. The summed E-state index contributed by atoms with van der Waals surface area (Å²) in [5.74, 6) is 0.350. The summed E-state index contributed by atoms with van der Waals surface area (Å²) in [6, 6.07) is 8.66. The second-order valence-corrected chi connectivity index (χ2v) is 5.42. The van der Waals surface area contributed by atoms with Gasteiger partial charge in [0.15, 0.2) is 0 Å². The van der Waals surface area contributed by atoms with E-state index in [4.69, 9.17) is 0 Å². The Morgan fingerprint density at radius 3 is 2.84 bits per heavy atom. The molecule has 25 heavy (non-hydrogen) atoms. The summed E-state index contributed by atoms with van der Waals surface area (Å²) < 4.78 is 14.6. The minimum absolute atomic E-state index is 0. The Hall–Kier alpha value is -2.38. The van der Waals surface area contributed by atoms with Crippen LogP contribution in [-0.2, 0) is 12.8 Å². The third-order valence-corrected chi connectivity index (χ3v) is 3.59. The first-order valence-corrected chi connectivity index (χ1v) is 7.93. The zero-order valence-corrected chi connectivity index (χ0v) is 14.5. The third-order valence-electron chi connectivity index (χ3n) is 3.59. The molecule has 0 radical (unpaired) electrons. The number of hydrogen-bond donors (Lipinski definition) is 1. The van der Waals surface area contributed by atoms with Crippen LogP contribution in [0.25, 0.3) is 5.95 Å². The van der Waals surface area contributed by atoms with Gasteiger partial charge in [0.05, 0.1) is 0 Å². The molecule has 0 spiro atoms. The molecule has 2 heterocycles. The maximum atomic E-state index is 13.1. The lowest BCUT2D eigenvalue weighted by atomic mass is 10.1. The molecular formula is C17H20ClFN6. The Labute approximate surface area is 152 Å². The number of halogens is 2. The number of nitrogens with zero attached hydrogens (tertiary/aromatic N) is 5. The van der Waals surface area contributed by atoms with Gasteiger partial charge in [0.1, 0.15) is 18.5 Å². The topological polar surface area (TPSA) is 68.5 Å². The fourth-order valence-corrected chi connectivity index (χ4v) is 2.40. The predicted molar refractivity (Wildman–Crippen MR) is 95.5 cm³/mol. The molecule has 0 saturated heterocycles. The normalized spacial score (nSPS) is 10.4. The van der Waals surface area contributed by atoms with E-state index in [-0.39, 0.29) is 18.2 Å². The van der Waals surface area contributed by atoms with Crippen molar-refractivity contribution in [2.75, 3.05) is 13.1 Å². The highest BCUT2D eigenvalue weighted by atomic mass is 35.5. The number of hydrogen-bond acceptors (Lipinski definition) is 5. The molecule has 0 unspecified atom stereocenters. The molecule has 1 N–H and O–H groups in total. The van der Waals surface area contributed by atoms with Crippen molar-refractivity contribution in [2.24, 2.45) is 0 Å². The van der Waals surface area contributed by atoms with Gasteiger partial charge in [-0.2, -0.15) is 9.78 Å². The Bertz CT molecular complexity index is 765. The monoisotopic (exact) mass is 362 g/mol. The molecule has 8 heteroatoms. The number of rotatable bonds is 8. The van der Waals surface area contributed by atoms with Crippen LogP contribution in [0.15, 0.2) is 49.2 Å². The molecule has 0 aliphatic rings. The maximum absolute atomic E-state index is 13.1. The lowest BCUT2D eigenvalue weighted by Crippen LogP contribution is -2.19. The minimum Gasteiger partial charge on any atom is -0.316 e. The highest BCUT2D eigenvalue weighted by Gasteiger charge is 2.02. The smallest absolute Gasteiger partial charge is 0.252 e. The average molecular weight is 363 g/mol. The highest BCUT2D eigenvalue weighted by molar-refractivity contribution is 5.85. The fraction of sp³-hybridized carbons (Fsp3) is 0.294. The van der Waals surface area contributed by atoms with Crippen LogP contribution in [-0.4, -0.2) is 37.8 Å². The molecule has 0 amide bonds. The molecule has 0 saturated carbocycles. The third kappa shape index (κ3) is 5.88. The molecule has 1 aromatic carbocycles. The molecule has 3 aromatic rings. The van der Waals surface area contributed by atoms with Gasteiger partial charge >= 0.3 is 0 Å². The van der Waals surface area contributed by atoms with Gasteiger partial charge in [-0.15, -0.1) is 12.4 Å². The van der Waals surface area contributed by atoms with Crippen LogP contribution in [0.2, 0.25) is 0 Å². The lowest BCUT2D eigenvalue weighted by Gasteiger charge is -2.06. The molecule has 0 atom stereocenters. The highest BCUT2D eigenvalue weighted by Crippen LogP contribution is 2.05. The van der Waals surface area contributed by atoms with E-state index in [9.17, 15) is 4.39 Å². The van der Waals surface area contributed by atoms with Crippen LogP contribution < -0.4 is 5.32 Å². The average Bonchev–Trinajstić information content (AvgIpc) is 3.13. The summed E-state index contributed by atoms with van der Waals surface area (Å²) in [6.45, 7) is 1.72. The van der Waals surface area contributed by atoms with Gasteiger partial charge in [-0.3, -0.25) is 0 Å². The first-order valence-electron chi connectivity index (χ1n) is 7.93. The maximum Gasteiger partial charge on any atom is 0.252 e. The summed E-state index contributed by atoms with van der Waals surface area (Å²) in [7, 11) is 0. The molecule has 0 aliphatic heterocycles. The zero-order valence-electron chi connectivity index (χ0n) is 13.7. The van der Waals surface area contributed by atoms with Crippen molar-refractivity contribution in [2.45, 2.75) is 19.3 Å². The molecule has 0 aliphatic carbocycles. The molecule has 132 valence electrons. The number of benzene rings is 1. The van der Waals surface area contributed by atoms with Crippen molar-refractivity contribution in [1.29, 1.82) is 0 Å².